The summed E-state index contributed by atoms with van der Waals surface area (Å²) < 4.78 is 1.93. The van der Waals surface area contributed by atoms with E-state index in [4.69, 9.17) is 0 Å². The monoisotopic (exact) mass is 316 g/mol. The first-order valence-corrected chi connectivity index (χ1v) is 7.23. The molecule has 7 heteroatoms. The number of rotatable bonds is 4. The molecule has 1 amide bonds. The average Bonchev–Trinajstić information content (AvgIpc) is 3.17. The summed E-state index contributed by atoms with van der Waals surface area (Å²) in [4.78, 5) is 26.4. The van der Waals surface area contributed by atoms with Crippen LogP contribution in [0.25, 0.3) is 10.9 Å². The molecular formula is C16H20N4O3. The molecule has 0 aliphatic carbocycles. The lowest BCUT2D eigenvalue weighted by atomic mass is 10.2. The smallest absolute Gasteiger partial charge is 0.337 e. The number of carbonyl (C=O) groups is 2. The summed E-state index contributed by atoms with van der Waals surface area (Å²) in [6, 6.07) is 7.52. The highest BCUT2D eigenvalue weighted by molar-refractivity contribution is 6.03. The van der Waals surface area contributed by atoms with Crippen LogP contribution in [0.15, 0.2) is 35.5 Å². The van der Waals surface area contributed by atoms with E-state index < -0.39 is 5.97 Å². The number of aromatic nitrogens is 1. The molecule has 0 saturated heterocycles. The van der Waals surface area contributed by atoms with E-state index in [0.717, 1.165) is 36.2 Å². The Morgan fingerprint density at radius 2 is 2.13 bits per heavy atom. The standard InChI is InChI=1S/C13H13N3O2.C3H7NO/c17-13(18)10-7-16(8-12-14-5-6-15-12)11-4-2-1-3-9(10)11;1-4(2)3-5/h1-4,7H,5-6,8H2,(H,14,15)(H,17,18);3H,1-2H3. The van der Waals surface area contributed by atoms with Crippen molar-refractivity contribution in [1.82, 2.24) is 14.8 Å². The fourth-order valence-electron chi connectivity index (χ4n) is 2.26. The van der Waals surface area contributed by atoms with Crippen molar-refractivity contribution in [1.29, 1.82) is 0 Å². The number of aliphatic imine (C=N–C) groups is 1. The van der Waals surface area contributed by atoms with E-state index in [1.165, 1.54) is 4.90 Å². The first-order valence-electron chi connectivity index (χ1n) is 7.23. The maximum Gasteiger partial charge on any atom is 0.337 e. The van der Waals surface area contributed by atoms with E-state index in [9.17, 15) is 14.7 Å². The van der Waals surface area contributed by atoms with Crippen LogP contribution in [0.2, 0.25) is 0 Å². The second kappa shape index (κ2) is 7.44. The third-order valence-electron chi connectivity index (χ3n) is 3.29. The summed E-state index contributed by atoms with van der Waals surface area (Å²) in [5.41, 5.74) is 1.26. The molecule has 1 aromatic carbocycles. The molecule has 7 nitrogen and oxygen atoms in total. The molecular weight excluding hydrogens is 296 g/mol. The van der Waals surface area contributed by atoms with Crippen molar-refractivity contribution >= 4 is 29.1 Å². The van der Waals surface area contributed by atoms with Crippen LogP contribution in [0.1, 0.15) is 10.4 Å². The van der Waals surface area contributed by atoms with Crippen molar-refractivity contribution in [2.45, 2.75) is 6.54 Å². The van der Waals surface area contributed by atoms with Crippen molar-refractivity contribution in [3.05, 3.63) is 36.0 Å². The fraction of sp³-hybridized carbons (Fsp3) is 0.312. The number of amidine groups is 1. The topological polar surface area (TPSA) is 86.9 Å². The number of hydrogen-bond donors (Lipinski definition) is 2. The Hall–Kier alpha value is -2.83. The molecule has 0 saturated carbocycles. The summed E-state index contributed by atoms with van der Waals surface area (Å²) in [5, 5.41) is 13.2. The van der Waals surface area contributed by atoms with Crippen LogP contribution in [-0.4, -0.2) is 60.0 Å². The van der Waals surface area contributed by atoms with E-state index in [2.05, 4.69) is 10.3 Å². The van der Waals surface area contributed by atoms with Gasteiger partial charge in [0.2, 0.25) is 6.41 Å². The first kappa shape index (κ1) is 16.5. The van der Waals surface area contributed by atoms with Gasteiger partial charge in [-0.1, -0.05) is 18.2 Å². The Morgan fingerprint density at radius 1 is 1.43 bits per heavy atom. The molecule has 0 bridgehead atoms. The zero-order valence-electron chi connectivity index (χ0n) is 13.2. The van der Waals surface area contributed by atoms with Crippen LogP contribution in [0.4, 0.5) is 0 Å². The van der Waals surface area contributed by atoms with Crippen LogP contribution in [0.5, 0.6) is 0 Å². The summed E-state index contributed by atoms with van der Waals surface area (Å²) in [6.45, 7) is 2.24. The van der Waals surface area contributed by atoms with E-state index in [0.29, 0.717) is 12.1 Å². The number of nitrogens with zero attached hydrogens (tertiary/aromatic N) is 3. The Labute approximate surface area is 134 Å². The number of nitrogens with one attached hydrogen (secondary N) is 1. The lowest BCUT2D eigenvalue weighted by Crippen LogP contribution is -2.23. The van der Waals surface area contributed by atoms with Crippen molar-refractivity contribution in [2.75, 3.05) is 27.2 Å². The number of aromatic carboxylic acids is 1. The van der Waals surface area contributed by atoms with Crippen molar-refractivity contribution in [3.8, 4) is 0 Å². The minimum atomic E-state index is -0.897. The second-order valence-electron chi connectivity index (χ2n) is 5.32. The Morgan fingerprint density at radius 3 is 2.70 bits per heavy atom. The molecule has 0 radical (unpaired) electrons. The molecule has 0 spiro atoms. The minimum Gasteiger partial charge on any atom is -0.478 e. The Bertz CT molecular complexity index is 734. The summed E-state index contributed by atoms with van der Waals surface area (Å²) in [7, 11) is 3.38. The van der Waals surface area contributed by atoms with Gasteiger partial charge in [-0.2, -0.15) is 0 Å². The molecule has 1 aromatic heterocycles. The molecule has 0 unspecified atom stereocenters. The largest absolute Gasteiger partial charge is 0.478 e. The molecule has 23 heavy (non-hydrogen) atoms. The highest BCUT2D eigenvalue weighted by Crippen LogP contribution is 2.21. The number of carbonyl (C=O) groups excluding carboxylic acids is 1. The quantitative estimate of drug-likeness (QED) is 0.825. The Balaban J connectivity index is 0.000000338. The van der Waals surface area contributed by atoms with Gasteiger partial charge in [-0.25, -0.2) is 4.79 Å². The molecule has 2 N–H and O–H groups in total. The number of para-hydroxylation sites is 1. The van der Waals surface area contributed by atoms with Crippen LogP contribution in [-0.2, 0) is 11.3 Å². The number of benzene rings is 1. The number of carboxylic acids is 1. The van der Waals surface area contributed by atoms with Gasteiger partial charge in [-0.3, -0.25) is 9.79 Å². The highest BCUT2D eigenvalue weighted by atomic mass is 16.4. The summed E-state index contributed by atoms with van der Waals surface area (Å²) in [6.07, 6.45) is 2.43. The SMILES string of the molecule is CN(C)C=O.O=C(O)c1cn(CC2=NCCN2)c2ccccc12. The molecule has 0 atom stereocenters. The maximum atomic E-state index is 11.2. The van der Waals surface area contributed by atoms with Crippen molar-refractivity contribution < 1.29 is 14.7 Å². The molecule has 1 aliphatic rings. The van der Waals surface area contributed by atoms with Gasteiger partial charge in [0.25, 0.3) is 0 Å². The van der Waals surface area contributed by atoms with Gasteiger partial charge >= 0.3 is 5.97 Å². The molecule has 2 heterocycles. The fourth-order valence-corrected chi connectivity index (χ4v) is 2.26. The molecule has 3 rings (SSSR count). The average molecular weight is 316 g/mol. The van der Waals surface area contributed by atoms with E-state index in [-0.39, 0.29) is 0 Å². The number of hydrogen-bond acceptors (Lipinski definition) is 4. The van der Waals surface area contributed by atoms with Crippen LogP contribution >= 0.6 is 0 Å². The van der Waals surface area contributed by atoms with E-state index >= 15 is 0 Å². The third kappa shape index (κ3) is 4.09. The van der Waals surface area contributed by atoms with Gasteiger partial charge in [0.15, 0.2) is 0 Å². The molecule has 0 fully saturated rings. The zero-order chi connectivity index (χ0) is 16.8. The van der Waals surface area contributed by atoms with Gasteiger partial charge in [0.1, 0.15) is 5.84 Å². The third-order valence-corrected chi connectivity index (χ3v) is 3.29. The molecule has 2 aromatic rings. The number of amides is 1. The van der Waals surface area contributed by atoms with Gasteiger partial charge in [0, 0.05) is 37.7 Å². The summed E-state index contributed by atoms with van der Waals surface area (Å²) >= 11 is 0. The highest BCUT2D eigenvalue weighted by Gasteiger charge is 2.15. The van der Waals surface area contributed by atoms with E-state index in [1.807, 2.05) is 28.8 Å². The van der Waals surface area contributed by atoms with Gasteiger partial charge in [-0.05, 0) is 6.07 Å². The number of carboxylic acid groups (broad SMARTS) is 1. The first-order chi connectivity index (χ1) is 11.0. The predicted molar refractivity (Wildman–Crippen MR) is 89.0 cm³/mol. The summed E-state index contributed by atoms with van der Waals surface area (Å²) in [5.74, 6) is 0.0129. The normalized spacial score (nSPS) is 12.9. The van der Waals surface area contributed by atoms with Crippen molar-refractivity contribution in [2.24, 2.45) is 4.99 Å². The van der Waals surface area contributed by atoms with Gasteiger partial charge < -0.3 is 19.9 Å². The van der Waals surface area contributed by atoms with Crippen LogP contribution < -0.4 is 5.32 Å². The lowest BCUT2D eigenvalue weighted by molar-refractivity contribution is -0.115. The lowest BCUT2D eigenvalue weighted by Gasteiger charge is -2.05. The minimum absolute atomic E-state index is 0.337. The van der Waals surface area contributed by atoms with Crippen LogP contribution in [0.3, 0.4) is 0 Å². The Kier molecular flexibility index (Phi) is 5.35. The van der Waals surface area contributed by atoms with Gasteiger partial charge in [-0.15, -0.1) is 0 Å². The predicted octanol–water partition coefficient (Wildman–Crippen LogP) is 1.05. The maximum absolute atomic E-state index is 11.2. The zero-order valence-corrected chi connectivity index (χ0v) is 13.2. The number of fused-ring (bicyclic) bond motifs is 1. The molecule has 122 valence electrons. The van der Waals surface area contributed by atoms with Gasteiger partial charge in [0.05, 0.1) is 18.7 Å². The second-order valence-corrected chi connectivity index (χ2v) is 5.32. The van der Waals surface area contributed by atoms with Crippen molar-refractivity contribution in [3.63, 3.8) is 0 Å². The van der Waals surface area contributed by atoms with Crippen LogP contribution in [0, 0.1) is 0 Å². The van der Waals surface area contributed by atoms with E-state index in [1.54, 1.807) is 20.3 Å². The molecule has 1 aliphatic heterocycles.